The van der Waals surface area contributed by atoms with Crippen LogP contribution in [0.2, 0.25) is 0 Å². The molecule has 1 aromatic carbocycles. The van der Waals surface area contributed by atoms with Crippen molar-refractivity contribution in [1.29, 1.82) is 0 Å². The van der Waals surface area contributed by atoms with E-state index in [1.54, 1.807) is 18.4 Å². The number of hydrogen-bond donors (Lipinski definition) is 1. The van der Waals surface area contributed by atoms with Crippen molar-refractivity contribution in [2.45, 2.75) is 19.5 Å². The van der Waals surface area contributed by atoms with Crippen LogP contribution in [0.4, 0.5) is 0 Å². The summed E-state index contributed by atoms with van der Waals surface area (Å²) in [6, 6.07) is 17.9. The number of furan rings is 1. The molecule has 0 atom stereocenters. The molecule has 0 amide bonds. The normalized spacial score (nSPS) is 13.9. The third kappa shape index (κ3) is 3.62. The van der Waals surface area contributed by atoms with Gasteiger partial charge in [-0.05, 0) is 23.8 Å². The number of H-pyrrole nitrogens is 1. The fraction of sp³-hybridized carbons (Fsp3) is 0.174. The van der Waals surface area contributed by atoms with Crippen molar-refractivity contribution in [1.82, 2.24) is 19.9 Å². The average Bonchev–Trinajstić information content (AvgIpc) is 3.30. The monoisotopic (exact) mass is 384 g/mol. The van der Waals surface area contributed by atoms with E-state index < -0.39 is 0 Å². The molecule has 6 heteroatoms. The van der Waals surface area contributed by atoms with Crippen LogP contribution >= 0.6 is 0 Å². The lowest BCUT2D eigenvalue weighted by atomic mass is 10.1. The van der Waals surface area contributed by atoms with Gasteiger partial charge in [0.1, 0.15) is 0 Å². The summed E-state index contributed by atoms with van der Waals surface area (Å²) in [6.07, 6.45) is 4.23. The summed E-state index contributed by atoms with van der Waals surface area (Å²) in [4.78, 5) is 26.9. The summed E-state index contributed by atoms with van der Waals surface area (Å²) in [6.45, 7) is 2.18. The Morgan fingerprint density at radius 2 is 1.97 bits per heavy atom. The second-order valence-corrected chi connectivity index (χ2v) is 7.20. The van der Waals surface area contributed by atoms with Crippen LogP contribution in [0.1, 0.15) is 16.8 Å². The molecule has 5 rings (SSSR count). The van der Waals surface area contributed by atoms with Crippen LogP contribution in [0.5, 0.6) is 0 Å². The molecule has 6 nitrogen and oxygen atoms in total. The molecule has 0 unspecified atom stereocenters. The maximum absolute atomic E-state index is 12.6. The van der Waals surface area contributed by atoms with E-state index >= 15 is 0 Å². The van der Waals surface area contributed by atoms with Crippen LogP contribution in [0.15, 0.2) is 76.3 Å². The van der Waals surface area contributed by atoms with Gasteiger partial charge in [-0.3, -0.25) is 14.7 Å². The Kier molecular flexibility index (Phi) is 4.54. The van der Waals surface area contributed by atoms with Gasteiger partial charge in [0.15, 0.2) is 11.6 Å². The van der Waals surface area contributed by atoms with Gasteiger partial charge in [-0.1, -0.05) is 36.4 Å². The highest BCUT2D eigenvalue weighted by molar-refractivity contribution is 5.58. The Morgan fingerprint density at radius 1 is 1.07 bits per heavy atom. The van der Waals surface area contributed by atoms with Crippen molar-refractivity contribution in [3.63, 3.8) is 0 Å². The summed E-state index contributed by atoms with van der Waals surface area (Å²) in [5, 5.41) is 0. The number of fused-ring (bicyclic) bond motifs is 1. The summed E-state index contributed by atoms with van der Waals surface area (Å²) in [7, 11) is 0. The van der Waals surface area contributed by atoms with Gasteiger partial charge in [0.05, 0.1) is 23.2 Å². The Bertz CT molecular complexity index is 1170. The molecule has 1 aliphatic heterocycles. The van der Waals surface area contributed by atoms with E-state index in [0.29, 0.717) is 18.1 Å². The fourth-order valence-corrected chi connectivity index (χ4v) is 3.70. The van der Waals surface area contributed by atoms with Crippen LogP contribution < -0.4 is 5.56 Å². The van der Waals surface area contributed by atoms with E-state index in [-0.39, 0.29) is 5.56 Å². The zero-order chi connectivity index (χ0) is 19.6. The van der Waals surface area contributed by atoms with Crippen molar-refractivity contribution in [2.75, 3.05) is 6.54 Å². The molecule has 0 aliphatic carbocycles. The van der Waals surface area contributed by atoms with Crippen LogP contribution in [-0.2, 0) is 19.5 Å². The Balaban J connectivity index is 1.32. The van der Waals surface area contributed by atoms with Crippen LogP contribution in [0.3, 0.4) is 0 Å². The number of aromatic nitrogens is 3. The molecule has 0 fully saturated rings. The van der Waals surface area contributed by atoms with Gasteiger partial charge < -0.3 is 9.40 Å². The smallest absolute Gasteiger partial charge is 0.256 e. The molecule has 4 aromatic rings. The van der Waals surface area contributed by atoms with Crippen LogP contribution in [-0.4, -0.2) is 26.4 Å². The van der Waals surface area contributed by atoms with Crippen molar-refractivity contribution < 1.29 is 4.42 Å². The summed E-state index contributed by atoms with van der Waals surface area (Å²) in [5.41, 5.74) is 4.70. The van der Waals surface area contributed by atoms with Gasteiger partial charge in [-0.15, -0.1) is 0 Å². The molecular formula is C23H20N4O2. The molecule has 0 saturated carbocycles. The largest absolute Gasteiger partial charge is 0.461 e. The van der Waals surface area contributed by atoms with Crippen molar-refractivity contribution in [2.24, 2.45) is 0 Å². The van der Waals surface area contributed by atoms with Gasteiger partial charge in [-0.25, -0.2) is 4.98 Å². The number of benzene rings is 1. The quantitative estimate of drug-likeness (QED) is 0.581. The highest BCUT2D eigenvalue weighted by Gasteiger charge is 2.22. The van der Waals surface area contributed by atoms with Crippen molar-refractivity contribution in [3.05, 3.63) is 94.2 Å². The lowest BCUT2D eigenvalue weighted by molar-refractivity contribution is 0.241. The van der Waals surface area contributed by atoms with Gasteiger partial charge >= 0.3 is 0 Å². The molecule has 0 bridgehead atoms. The molecule has 144 valence electrons. The minimum Gasteiger partial charge on any atom is -0.461 e. The Labute approximate surface area is 167 Å². The Morgan fingerprint density at radius 3 is 2.72 bits per heavy atom. The highest BCUT2D eigenvalue weighted by atomic mass is 16.3. The molecular weight excluding hydrogens is 364 g/mol. The molecule has 0 saturated heterocycles. The van der Waals surface area contributed by atoms with E-state index in [2.05, 4.69) is 38.1 Å². The third-order valence-electron chi connectivity index (χ3n) is 5.20. The number of nitrogens with zero attached hydrogens (tertiary/aromatic N) is 3. The average molecular weight is 384 g/mol. The van der Waals surface area contributed by atoms with E-state index in [1.807, 2.05) is 30.5 Å². The predicted molar refractivity (Wildman–Crippen MR) is 110 cm³/mol. The molecule has 1 aliphatic rings. The van der Waals surface area contributed by atoms with E-state index in [0.717, 1.165) is 47.6 Å². The Hall–Kier alpha value is -3.51. The zero-order valence-corrected chi connectivity index (χ0v) is 15.8. The first-order valence-electron chi connectivity index (χ1n) is 9.65. The van der Waals surface area contributed by atoms with Crippen molar-refractivity contribution in [3.8, 4) is 22.8 Å². The second-order valence-electron chi connectivity index (χ2n) is 7.20. The molecule has 0 spiro atoms. The first-order valence-corrected chi connectivity index (χ1v) is 9.65. The minimum atomic E-state index is -0.0938. The molecule has 4 heterocycles. The van der Waals surface area contributed by atoms with Crippen LogP contribution in [0, 0.1) is 0 Å². The lowest BCUT2D eigenvalue weighted by Gasteiger charge is -2.27. The topological polar surface area (TPSA) is 75.0 Å². The number of rotatable bonds is 4. The minimum absolute atomic E-state index is 0.0938. The number of hydrogen-bond acceptors (Lipinski definition) is 5. The van der Waals surface area contributed by atoms with Gasteiger partial charge in [0.2, 0.25) is 0 Å². The molecule has 29 heavy (non-hydrogen) atoms. The lowest BCUT2D eigenvalue weighted by Crippen LogP contribution is -2.35. The number of pyridine rings is 1. The standard InChI is InChI=1S/C23H20N4O2/c28-23-18-15-27(11-10-20(18)25-22(26-23)21-7-4-12-29-21)14-16-8-9-19(24-13-16)17-5-2-1-3-6-17/h1-9,12-13H,10-11,14-15H2,(H,25,26,28). The summed E-state index contributed by atoms with van der Waals surface area (Å²) < 4.78 is 5.36. The first kappa shape index (κ1) is 17.6. The van der Waals surface area contributed by atoms with E-state index in [4.69, 9.17) is 4.42 Å². The summed E-state index contributed by atoms with van der Waals surface area (Å²) in [5.74, 6) is 1.07. The maximum Gasteiger partial charge on any atom is 0.256 e. The number of aromatic amines is 1. The molecule has 1 N–H and O–H groups in total. The van der Waals surface area contributed by atoms with E-state index in [9.17, 15) is 4.79 Å². The predicted octanol–water partition coefficient (Wildman–Crippen LogP) is 3.65. The van der Waals surface area contributed by atoms with Gasteiger partial charge in [0.25, 0.3) is 5.56 Å². The molecule has 3 aromatic heterocycles. The summed E-state index contributed by atoms with van der Waals surface area (Å²) >= 11 is 0. The van der Waals surface area contributed by atoms with Gasteiger partial charge in [0, 0.05) is 37.8 Å². The highest BCUT2D eigenvalue weighted by Crippen LogP contribution is 2.21. The van der Waals surface area contributed by atoms with Crippen molar-refractivity contribution >= 4 is 0 Å². The number of nitrogens with one attached hydrogen (secondary N) is 1. The van der Waals surface area contributed by atoms with Crippen LogP contribution in [0.25, 0.3) is 22.8 Å². The van der Waals surface area contributed by atoms with Gasteiger partial charge in [-0.2, -0.15) is 0 Å². The SMILES string of the molecule is O=c1[nH]c(-c2ccco2)nc2c1CN(Cc1ccc(-c3ccccc3)nc1)CC2. The fourth-order valence-electron chi connectivity index (χ4n) is 3.70. The molecule has 0 radical (unpaired) electrons. The third-order valence-corrected chi connectivity index (χ3v) is 5.20. The zero-order valence-electron chi connectivity index (χ0n) is 15.8. The maximum atomic E-state index is 12.6. The van der Waals surface area contributed by atoms with E-state index in [1.165, 1.54) is 0 Å². The second kappa shape index (κ2) is 7.48. The first-order chi connectivity index (χ1) is 14.3.